The fraction of sp³-hybridized carbons (Fsp3) is 0.167. The summed E-state index contributed by atoms with van der Waals surface area (Å²) in [6.45, 7) is 3.72. The molecule has 0 heterocycles. The third kappa shape index (κ3) is 4.22. The standard InChI is InChI=1S/C18H16F3NO/c1-2-15(13-9-5-3-6-10-13)16(14-11-7-4-8-12-14)22-17(23)18(19,20)21/h2-12,15-16H,1H2,(H,22,23). The van der Waals surface area contributed by atoms with Gasteiger partial charge in [-0.2, -0.15) is 13.2 Å². The van der Waals surface area contributed by atoms with Gasteiger partial charge in [-0.3, -0.25) is 4.79 Å². The molecule has 23 heavy (non-hydrogen) atoms. The number of amides is 1. The predicted octanol–water partition coefficient (Wildman–Crippen LogP) is 4.38. The summed E-state index contributed by atoms with van der Waals surface area (Å²) in [5.41, 5.74) is 1.36. The molecular weight excluding hydrogens is 303 g/mol. The summed E-state index contributed by atoms with van der Waals surface area (Å²) >= 11 is 0. The highest BCUT2D eigenvalue weighted by atomic mass is 19.4. The van der Waals surface area contributed by atoms with Crippen LogP contribution in [0.2, 0.25) is 0 Å². The maximum atomic E-state index is 12.7. The van der Waals surface area contributed by atoms with E-state index < -0.39 is 24.0 Å². The van der Waals surface area contributed by atoms with Crippen molar-refractivity contribution in [3.8, 4) is 0 Å². The van der Waals surface area contributed by atoms with Crippen molar-refractivity contribution in [2.75, 3.05) is 0 Å². The third-order valence-corrected chi connectivity index (χ3v) is 3.50. The molecule has 0 saturated carbocycles. The van der Waals surface area contributed by atoms with Crippen LogP contribution in [0.5, 0.6) is 0 Å². The monoisotopic (exact) mass is 319 g/mol. The van der Waals surface area contributed by atoms with E-state index in [9.17, 15) is 18.0 Å². The van der Waals surface area contributed by atoms with E-state index in [1.165, 1.54) is 0 Å². The lowest BCUT2D eigenvalue weighted by molar-refractivity contribution is -0.174. The molecule has 0 spiro atoms. The second-order valence-electron chi connectivity index (χ2n) is 5.03. The summed E-state index contributed by atoms with van der Waals surface area (Å²) in [7, 11) is 0. The minimum absolute atomic E-state index is 0.482. The molecule has 0 fully saturated rings. The van der Waals surface area contributed by atoms with Gasteiger partial charge in [0.2, 0.25) is 0 Å². The lowest BCUT2D eigenvalue weighted by atomic mass is 9.87. The highest BCUT2D eigenvalue weighted by Crippen LogP contribution is 2.33. The molecule has 0 bridgehead atoms. The summed E-state index contributed by atoms with van der Waals surface area (Å²) in [5, 5.41) is 2.09. The van der Waals surface area contributed by atoms with Gasteiger partial charge in [0, 0.05) is 5.92 Å². The minimum Gasteiger partial charge on any atom is -0.341 e. The molecule has 2 aromatic carbocycles. The number of halogens is 3. The van der Waals surface area contributed by atoms with E-state index in [1.54, 1.807) is 60.7 Å². The minimum atomic E-state index is -4.94. The zero-order valence-electron chi connectivity index (χ0n) is 12.3. The van der Waals surface area contributed by atoms with Crippen LogP contribution in [0.1, 0.15) is 23.1 Å². The van der Waals surface area contributed by atoms with Crippen molar-refractivity contribution in [3.63, 3.8) is 0 Å². The Morgan fingerprint density at radius 1 is 0.957 bits per heavy atom. The number of carbonyl (C=O) groups is 1. The molecule has 2 unspecified atom stereocenters. The number of rotatable bonds is 5. The van der Waals surface area contributed by atoms with Gasteiger partial charge in [-0.05, 0) is 11.1 Å². The Morgan fingerprint density at radius 2 is 1.43 bits per heavy atom. The average molecular weight is 319 g/mol. The SMILES string of the molecule is C=CC(c1ccccc1)C(NC(=O)C(F)(F)F)c1ccccc1. The number of hydrogen-bond donors (Lipinski definition) is 1. The maximum absolute atomic E-state index is 12.7. The van der Waals surface area contributed by atoms with Crippen LogP contribution in [-0.2, 0) is 4.79 Å². The first-order chi connectivity index (χ1) is 10.9. The molecule has 0 aliphatic heterocycles. The van der Waals surface area contributed by atoms with E-state index in [-0.39, 0.29) is 0 Å². The molecule has 0 aromatic heterocycles. The highest BCUT2D eigenvalue weighted by molar-refractivity contribution is 5.82. The fourth-order valence-corrected chi connectivity index (χ4v) is 2.40. The predicted molar refractivity (Wildman–Crippen MR) is 82.8 cm³/mol. The van der Waals surface area contributed by atoms with Crippen molar-refractivity contribution in [3.05, 3.63) is 84.4 Å². The van der Waals surface area contributed by atoms with Gasteiger partial charge in [0.05, 0.1) is 6.04 Å². The summed E-state index contributed by atoms with van der Waals surface area (Å²) < 4.78 is 38.0. The first kappa shape index (κ1) is 16.8. The molecule has 2 nitrogen and oxygen atoms in total. The van der Waals surface area contributed by atoms with E-state index in [0.717, 1.165) is 5.56 Å². The fourth-order valence-electron chi connectivity index (χ4n) is 2.40. The Labute approximate surface area is 132 Å². The summed E-state index contributed by atoms with van der Waals surface area (Å²) in [6.07, 6.45) is -3.39. The Balaban J connectivity index is 2.40. The average Bonchev–Trinajstić information content (AvgIpc) is 2.55. The lowest BCUT2D eigenvalue weighted by Crippen LogP contribution is -2.40. The van der Waals surface area contributed by atoms with E-state index in [4.69, 9.17) is 0 Å². The Bertz CT molecular complexity index is 653. The molecular formula is C18H16F3NO. The summed E-state index contributed by atoms with van der Waals surface area (Å²) in [6, 6.07) is 16.7. The van der Waals surface area contributed by atoms with E-state index in [2.05, 4.69) is 11.9 Å². The number of nitrogens with one attached hydrogen (secondary N) is 1. The zero-order valence-corrected chi connectivity index (χ0v) is 12.3. The Morgan fingerprint density at radius 3 is 1.87 bits per heavy atom. The van der Waals surface area contributed by atoms with Crippen LogP contribution >= 0.6 is 0 Å². The molecule has 2 aromatic rings. The summed E-state index contributed by atoms with van der Waals surface area (Å²) in [5.74, 6) is -2.45. The van der Waals surface area contributed by atoms with Crippen LogP contribution in [-0.4, -0.2) is 12.1 Å². The molecule has 0 radical (unpaired) electrons. The van der Waals surface area contributed by atoms with Gasteiger partial charge < -0.3 is 5.32 Å². The number of carbonyl (C=O) groups excluding carboxylic acids is 1. The smallest absolute Gasteiger partial charge is 0.341 e. The quantitative estimate of drug-likeness (QED) is 0.814. The van der Waals surface area contributed by atoms with Gasteiger partial charge in [0.1, 0.15) is 0 Å². The summed E-state index contributed by atoms with van der Waals surface area (Å²) in [4.78, 5) is 11.4. The van der Waals surface area contributed by atoms with Crippen LogP contribution in [0.15, 0.2) is 73.3 Å². The van der Waals surface area contributed by atoms with Gasteiger partial charge >= 0.3 is 12.1 Å². The topological polar surface area (TPSA) is 29.1 Å². The van der Waals surface area contributed by atoms with Gasteiger partial charge in [-0.1, -0.05) is 66.7 Å². The van der Waals surface area contributed by atoms with Crippen molar-refractivity contribution in [1.29, 1.82) is 0 Å². The van der Waals surface area contributed by atoms with Crippen LogP contribution in [0.25, 0.3) is 0 Å². The Kier molecular flexibility index (Phi) is 5.21. The zero-order chi connectivity index (χ0) is 16.9. The van der Waals surface area contributed by atoms with Crippen molar-refractivity contribution in [2.45, 2.75) is 18.1 Å². The van der Waals surface area contributed by atoms with Crippen molar-refractivity contribution in [1.82, 2.24) is 5.32 Å². The lowest BCUT2D eigenvalue weighted by Gasteiger charge is -2.27. The number of benzene rings is 2. The van der Waals surface area contributed by atoms with Gasteiger partial charge in [0.15, 0.2) is 0 Å². The first-order valence-electron chi connectivity index (χ1n) is 7.03. The molecule has 5 heteroatoms. The number of alkyl halides is 3. The molecule has 2 rings (SSSR count). The molecule has 1 N–H and O–H groups in total. The van der Waals surface area contributed by atoms with Crippen LogP contribution in [0, 0.1) is 0 Å². The van der Waals surface area contributed by atoms with E-state index >= 15 is 0 Å². The molecule has 1 amide bonds. The molecule has 0 aliphatic rings. The van der Waals surface area contributed by atoms with Crippen molar-refractivity contribution >= 4 is 5.91 Å². The number of hydrogen-bond acceptors (Lipinski definition) is 1. The molecule has 0 aliphatic carbocycles. The van der Waals surface area contributed by atoms with E-state index in [0.29, 0.717) is 5.56 Å². The second kappa shape index (κ2) is 7.13. The van der Waals surface area contributed by atoms with Crippen LogP contribution < -0.4 is 5.32 Å². The maximum Gasteiger partial charge on any atom is 0.471 e. The third-order valence-electron chi connectivity index (χ3n) is 3.50. The Hall–Kier alpha value is -2.56. The normalized spacial score (nSPS) is 13.9. The van der Waals surface area contributed by atoms with Gasteiger partial charge in [-0.15, -0.1) is 6.58 Å². The van der Waals surface area contributed by atoms with Gasteiger partial charge in [0.25, 0.3) is 0 Å². The van der Waals surface area contributed by atoms with Crippen molar-refractivity contribution < 1.29 is 18.0 Å². The van der Waals surface area contributed by atoms with Crippen LogP contribution in [0.4, 0.5) is 13.2 Å². The molecule has 0 saturated heterocycles. The van der Waals surface area contributed by atoms with Crippen LogP contribution in [0.3, 0.4) is 0 Å². The second-order valence-corrected chi connectivity index (χ2v) is 5.03. The van der Waals surface area contributed by atoms with E-state index in [1.807, 2.05) is 6.07 Å². The van der Waals surface area contributed by atoms with Crippen molar-refractivity contribution in [2.24, 2.45) is 0 Å². The molecule has 2 atom stereocenters. The highest BCUT2D eigenvalue weighted by Gasteiger charge is 2.41. The largest absolute Gasteiger partial charge is 0.471 e. The van der Waals surface area contributed by atoms with Gasteiger partial charge in [-0.25, -0.2) is 0 Å². The molecule has 120 valence electrons. The first-order valence-corrected chi connectivity index (χ1v) is 7.03.